The smallest absolute Gasteiger partial charge is 0.236 e. The molecule has 3 aliphatic heterocycles. The van der Waals surface area contributed by atoms with Crippen molar-refractivity contribution in [3.8, 4) is 0 Å². The quantitative estimate of drug-likeness (QED) is 0.757. The second-order valence-corrected chi connectivity index (χ2v) is 8.98. The van der Waals surface area contributed by atoms with Crippen molar-refractivity contribution in [1.29, 1.82) is 0 Å². The average molecular weight is 374 g/mol. The number of rotatable bonds is 4. The molecule has 138 valence electrons. The van der Waals surface area contributed by atoms with E-state index in [1.807, 2.05) is 30.3 Å². The van der Waals surface area contributed by atoms with Gasteiger partial charge in [0, 0.05) is 36.4 Å². The molecule has 6 nitrogen and oxygen atoms in total. The van der Waals surface area contributed by atoms with Gasteiger partial charge in [-0.25, -0.2) is 8.42 Å². The number of amides is 2. The number of carbonyl (C=O) groups excluding carboxylic acids is 2. The lowest BCUT2D eigenvalue weighted by Gasteiger charge is -2.40. The number of sulfonamides is 1. The summed E-state index contributed by atoms with van der Waals surface area (Å²) in [5.41, 5.74) is 0.839. The first kappa shape index (κ1) is 17.4. The van der Waals surface area contributed by atoms with E-state index in [2.05, 4.69) is 0 Å². The Morgan fingerprint density at radius 2 is 1.46 bits per heavy atom. The first-order valence-electron chi connectivity index (χ1n) is 9.07. The van der Waals surface area contributed by atoms with Crippen LogP contribution < -0.4 is 0 Å². The maximum atomic E-state index is 12.9. The van der Waals surface area contributed by atoms with E-state index in [1.54, 1.807) is 10.4 Å². The fourth-order valence-electron chi connectivity index (χ4n) is 4.53. The van der Waals surface area contributed by atoms with Crippen LogP contribution in [0.3, 0.4) is 0 Å². The predicted octanol–water partition coefficient (Wildman–Crippen LogP) is 2.13. The third kappa shape index (κ3) is 3.10. The number of piperidine rings is 1. The average Bonchev–Trinajstić information content (AvgIpc) is 3.11. The van der Waals surface area contributed by atoms with Gasteiger partial charge in [0.1, 0.15) is 0 Å². The molecule has 26 heavy (non-hydrogen) atoms. The van der Waals surface area contributed by atoms with Crippen molar-refractivity contribution >= 4 is 27.9 Å². The van der Waals surface area contributed by atoms with Crippen molar-refractivity contribution in [3.63, 3.8) is 0 Å². The van der Waals surface area contributed by atoms with Crippen LogP contribution in [0.25, 0.3) is 6.08 Å². The molecule has 2 bridgehead atoms. The van der Waals surface area contributed by atoms with Crippen LogP contribution in [0.1, 0.15) is 44.1 Å². The normalized spacial score (nSPS) is 29.8. The molecule has 3 fully saturated rings. The number of benzene rings is 1. The number of hydrogen-bond acceptors (Lipinski definition) is 4. The minimum atomic E-state index is -3.53. The van der Waals surface area contributed by atoms with Gasteiger partial charge in [-0.1, -0.05) is 30.3 Å². The highest BCUT2D eigenvalue weighted by atomic mass is 32.2. The van der Waals surface area contributed by atoms with E-state index in [0.717, 1.165) is 18.4 Å². The zero-order valence-corrected chi connectivity index (χ0v) is 15.3. The van der Waals surface area contributed by atoms with Gasteiger partial charge in [0.15, 0.2) is 0 Å². The van der Waals surface area contributed by atoms with Gasteiger partial charge < -0.3 is 0 Å². The SMILES string of the molecule is O=C1CCC(=O)N1C1CC2CCC(C1)N2S(=O)(=O)/C=C/c1ccccc1. The topological polar surface area (TPSA) is 74.8 Å². The molecule has 0 radical (unpaired) electrons. The van der Waals surface area contributed by atoms with Gasteiger partial charge in [-0.05, 0) is 37.3 Å². The van der Waals surface area contributed by atoms with Gasteiger partial charge in [-0.3, -0.25) is 14.5 Å². The maximum absolute atomic E-state index is 12.9. The number of hydrogen-bond donors (Lipinski definition) is 0. The highest BCUT2D eigenvalue weighted by molar-refractivity contribution is 7.92. The molecule has 0 aromatic heterocycles. The minimum absolute atomic E-state index is 0.111. The number of imide groups is 1. The first-order chi connectivity index (χ1) is 12.5. The predicted molar refractivity (Wildman–Crippen MR) is 97.2 cm³/mol. The number of carbonyl (C=O) groups is 2. The second-order valence-electron chi connectivity index (χ2n) is 7.26. The van der Waals surface area contributed by atoms with Crippen molar-refractivity contribution in [2.45, 2.75) is 56.7 Å². The van der Waals surface area contributed by atoms with Crippen LogP contribution in [-0.2, 0) is 19.6 Å². The van der Waals surface area contributed by atoms with E-state index in [-0.39, 0.29) is 42.8 Å². The van der Waals surface area contributed by atoms with Crippen LogP contribution in [0.15, 0.2) is 35.7 Å². The molecule has 3 heterocycles. The van der Waals surface area contributed by atoms with E-state index in [9.17, 15) is 18.0 Å². The summed E-state index contributed by atoms with van der Waals surface area (Å²) in [4.78, 5) is 25.4. The van der Waals surface area contributed by atoms with Gasteiger partial charge >= 0.3 is 0 Å². The molecule has 7 heteroatoms. The molecule has 1 aromatic carbocycles. The van der Waals surface area contributed by atoms with E-state index in [1.165, 1.54) is 10.3 Å². The number of fused-ring (bicyclic) bond motifs is 2. The Kier molecular flexibility index (Phi) is 4.44. The molecule has 0 N–H and O–H groups in total. The lowest BCUT2D eigenvalue weighted by atomic mass is 9.98. The van der Waals surface area contributed by atoms with Gasteiger partial charge in [-0.15, -0.1) is 0 Å². The maximum Gasteiger partial charge on any atom is 0.236 e. The fraction of sp³-hybridized carbons (Fsp3) is 0.474. The monoisotopic (exact) mass is 374 g/mol. The Balaban J connectivity index is 1.52. The summed E-state index contributed by atoms with van der Waals surface area (Å²) in [6, 6.07) is 8.92. The summed E-state index contributed by atoms with van der Waals surface area (Å²) in [5, 5.41) is 1.28. The molecule has 3 aliphatic rings. The Hall–Kier alpha value is -1.99. The summed E-state index contributed by atoms with van der Waals surface area (Å²) >= 11 is 0. The lowest BCUT2D eigenvalue weighted by molar-refractivity contribution is -0.142. The van der Waals surface area contributed by atoms with Gasteiger partial charge in [-0.2, -0.15) is 4.31 Å². The molecule has 2 atom stereocenters. The Labute approximate surface area is 153 Å². The minimum Gasteiger partial charge on any atom is -0.279 e. The number of likely N-dealkylation sites (tertiary alicyclic amines) is 1. The largest absolute Gasteiger partial charge is 0.279 e. The zero-order chi connectivity index (χ0) is 18.3. The fourth-order valence-corrected chi connectivity index (χ4v) is 6.22. The third-order valence-electron chi connectivity index (χ3n) is 5.62. The van der Waals surface area contributed by atoms with E-state index >= 15 is 0 Å². The summed E-state index contributed by atoms with van der Waals surface area (Å²) in [5.74, 6) is -0.223. The van der Waals surface area contributed by atoms with Gasteiger partial charge in [0.2, 0.25) is 21.8 Å². The first-order valence-corrected chi connectivity index (χ1v) is 10.6. The number of nitrogens with zero attached hydrogens (tertiary/aromatic N) is 2. The second kappa shape index (κ2) is 6.63. The Bertz CT molecular complexity index is 820. The van der Waals surface area contributed by atoms with E-state index < -0.39 is 10.0 Å². The summed E-state index contributed by atoms with van der Waals surface area (Å²) in [6.45, 7) is 0. The highest BCUT2D eigenvalue weighted by Gasteiger charge is 2.49. The molecule has 2 unspecified atom stereocenters. The van der Waals surface area contributed by atoms with Crippen LogP contribution in [-0.4, -0.2) is 47.6 Å². The summed E-state index contributed by atoms with van der Waals surface area (Å²) < 4.78 is 27.3. The molecular weight excluding hydrogens is 352 g/mol. The summed E-state index contributed by atoms with van der Waals surface area (Å²) in [7, 11) is -3.53. The molecule has 1 aromatic rings. The zero-order valence-electron chi connectivity index (χ0n) is 14.5. The highest BCUT2D eigenvalue weighted by Crippen LogP contribution is 2.41. The molecule has 0 spiro atoms. The van der Waals surface area contributed by atoms with Gasteiger partial charge in [0.05, 0.1) is 0 Å². The van der Waals surface area contributed by atoms with E-state index in [4.69, 9.17) is 0 Å². The van der Waals surface area contributed by atoms with Crippen LogP contribution in [0.5, 0.6) is 0 Å². The lowest BCUT2D eigenvalue weighted by Crippen LogP contribution is -2.53. The van der Waals surface area contributed by atoms with Crippen LogP contribution in [0, 0.1) is 0 Å². The molecular formula is C19H22N2O4S. The standard InChI is InChI=1S/C19H22N2O4S/c22-18-8-9-19(23)20(18)17-12-15-6-7-16(13-17)21(15)26(24,25)11-10-14-4-2-1-3-5-14/h1-5,10-11,15-17H,6-9,12-13H2/b11-10+. The van der Waals surface area contributed by atoms with Crippen molar-refractivity contribution in [3.05, 3.63) is 41.3 Å². The van der Waals surface area contributed by atoms with Crippen LogP contribution >= 0.6 is 0 Å². The van der Waals surface area contributed by atoms with E-state index in [0.29, 0.717) is 12.8 Å². The molecule has 0 saturated carbocycles. The molecule has 3 saturated heterocycles. The van der Waals surface area contributed by atoms with Crippen molar-refractivity contribution in [2.75, 3.05) is 0 Å². The molecule has 2 amide bonds. The Morgan fingerprint density at radius 3 is 2.04 bits per heavy atom. The van der Waals surface area contributed by atoms with Crippen LogP contribution in [0.4, 0.5) is 0 Å². The van der Waals surface area contributed by atoms with Crippen LogP contribution in [0.2, 0.25) is 0 Å². The third-order valence-corrected chi connectivity index (χ3v) is 7.29. The van der Waals surface area contributed by atoms with Crippen molar-refractivity contribution in [2.24, 2.45) is 0 Å². The summed E-state index contributed by atoms with van der Waals surface area (Å²) in [6.07, 6.45) is 4.86. The van der Waals surface area contributed by atoms with Crippen molar-refractivity contribution < 1.29 is 18.0 Å². The molecule has 0 aliphatic carbocycles. The Morgan fingerprint density at radius 1 is 0.885 bits per heavy atom. The molecule has 4 rings (SSSR count). The van der Waals surface area contributed by atoms with Crippen molar-refractivity contribution in [1.82, 2.24) is 9.21 Å². The van der Waals surface area contributed by atoms with Gasteiger partial charge in [0.25, 0.3) is 0 Å².